The fourth-order valence-corrected chi connectivity index (χ4v) is 8.39. The largest absolute Gasteiger partial charge is 0.462 e. The molecule has 0 saturated heterocycles. The molecule has 1 unspecified atom stereocenters. The van der Waals surface area contributed by atoms with Crippen molar-refractivity contribution in [1.29, 1.82) is 0 Å². The third-order valence-electron chi connectivity index (χ3n) is 12.8. The maximum absolute atomic E-state index is 12.7. The number of ether oxygens (including phenoxy) is 3. The molecule has 0 aliphatic carbocycles. The molecule has 0 aromatic rings. The molecule has 0 saturated carbocycles. The monoisotopic (exact) mass is 939 g/mol. The van der Waals surface area contributed by atoms with Crippen LogP contribution in [0.4, 0.5) is 0 Å². The Labute approximate surface area is 416 Å². The minimum Gasteiger partial charge on any atom is -0.462 e. The highest BCUT2D eigenvalue weighted by Crippen LogP contribution is 2.16. The molecule has 1 atom stereocenters. The van der Waals surface area contributed by atoms with Crippen LogP contribution in [0, 0.1) is 0 Å². The van der Waals surface area contributed by atoms with E-state index in [0.29, 0.717) is 19.3 Å². The van der Waals surface area contributed by atoms with Crippen LogP contribution >= 0.6 is 0 Å². The van der Waals surface area contributed by atoms with Gasteiger partial charge in [0.05, 0.1) is 0 Å². The second-order valence-electron chi connectivity index (χ2n) is 19.6. The fraction of sp³-hybridized carbons (Fsp3) is 0.820. The third-order valence-corrected chi connectivity index (χ3v) is 12.8. The minimum absolute atomic E-state index is 0.0738. The lowest BCUT2D eigenvalue weighted by molar-refractivity contribution is -0.167. The van der Waals surface area contributed by atoms with Gasteiger partial charge in [0.2, 0.25) is 0 Å². The Balaban J connectivity index is 3.96. The number of carbonyl (C=O) groups excluding carboxylic acids is 3. The zero-order valence-corrected chi connectivity index (χ0v) is 44.7. The van der Waals surface area contributed by atoms with Crippen LogP contribution in [-0.4, -0.2) is 37.2 Å². The highest BCUT2D eigenvalue weighted by Gasteiger charge is 2.19. The lowest BCUT2D eigenvalue weighted by Gasteiger charge is -2.18. The van der Waals surface area contributed by atoms with Crippen LogP contribution in [0.1, 0.15) is 303 Å². The van der Waals surface area contributed by atoms with Gasteiger partial charge in [0.25, 0.3) is 0 Å². The van der Waals surface area contributed by atoms with Gasteiger partial charge >= 0.3 is 17.9 Å². The van der Waals surface area contributed by atoms with Gasteiger partial charge in [0.15, 0.2) is 6.10 Å². The fourth-order valence-electron chi connectivity index (χ4n) is 8.39. The molecule has 0 aromatic heterocycles. The molecule has 0 spiro atoms. The molecule has 6 nitrogen and oxygen atoms in total. The lowest BCUT2D eigenvalue weighted by Crippen LogP contribution is -2.30. The van der Waals surface area contributed by atoms with E-state index >= 15 is 0 Å². The van der Waals surface area contributed by atoms with Crippen molar-refractivity contribution in [2.75, 3.05) is 13.2 Å². The molecule has 0 aliphatic heterocycles. The van der Waals surface area contributed by atoms with Crippen molar-refractivity contribution < 1.29 is 28.6 Å². The van der Waals surface area contributed by atoms with Gasteiger partial charge in [0, 0.05) is 19.3 Å². The molecule has 0 fully saturated rings. The van der Waals surface area contributed by atoms with Gasteiger partial charge in [-0.3, -0.25) is 14.4 Å². The summed E-state index contributed by atoms with van der Waals surface area (Å²) in [6.07, 6.45) is 68.7. The van der Waals surface area contributed by atoms with E-state index in [-0.39, 0.29) is 31.1 Å². The summed E-state index contributed by atoms with van der Waals surface area (Å²) in [5, 5.41) is 0. The Morgan fingerprint density at radius 3 is 0.881 bits per heavy atom. The van der Waals surface area contributed by atoms with Crippen LogP contribution in [0.5, 0.6) is 0 Å². The zero-order valence-electron chi connectivity index (χ0n) is 44.7. The van der Waals surface area contributed by atoms with Crippen molar-refractivity contribution in [3.8, 4) is 0 Å². The van der Waals surface area contributed by atoms with E-state index in [4.69, 9.17) is 14.2 Å². The van der Waals surface area contributed by atoms with Crippen molar-refractivity contribution in [2.45, 2.75) is 309 Å². The van der Waals surface area contributed by atoms with E-state index in [1.165, 1.54) is 186 Å². The molecular weight excluding hydrogens is 829 g/mol. The maximum Gasteiger partial charge on any atom is 0.306 e. The van der Waals surface area contributed by atoms with Crippen molar-refractivity contribution in [3.05, 3.63) is 48.6 Å². The molecule has 390 valence electrons. The summed E-state index contributed by atoms with van der Waals surface area (Å²) in [6.45, 7) is 6.56. The number of carbonyl (C=O) groups is 3. The Hall–Kier alpha value is -2.63. The molecule has 6 heteroatoms. The second kappa shape index (κ2) is 56.0. The van der Waals surface area contributed by atoms with Crippen molar-refractivity contribution >= 4 is 17.9 Å². The van der Waals surface area contributed by atoms with Gasteiger partial charge in [-0.25, -0.2) is 0 Å². The first-order chi connectivity index (χ1) is 33.0. The average molecular weight is 940 g/mol. The molecule has 0 bridgehead atoms. The predicted molar refractivity (Wildman–Crippen MR) is 289 cm³/mol. The summed E-state index contributed by atoms with van der Waals surface area (Å²) in [7, 11) is 0. The van der Waals surface area contributed by atoms with Gasteiger partial charge in [-0.15, -0.1) is 0 Å². The van der Waals surface area contributed by atoms with Gasteiger partial charge in [0.1, 0.15) is 13.2 Å². The highest BCUT2D eigenvalue weighted by molar-refractivity contribution is 5.71. The maximum atomic E-state index is 12.7. The number of allylic oxidation sites excluding steroid dienone is 8. The van der Waals surface area contributed by atoms with Crippen molar-refractivity contribution in [2.24, 2.45) is 0 Å². The number of hydrogen-bond donors (Lipinski definition) is 0. The topological polar surface area (TPSA) is 78.9 Å². The first kappa shape index (κ1) is 64.4. The minimum atomic E-state index is -0.771. The molecule has 67 heavy (non-hydrogen) atoms. The van der Waals surface area contributed by atoms with E-state index in [1.807, 2.05) is 0 Å². The van der Waals surface area contributed by atoms with E-state index in [1.54, 1.807) is 0 Å². The van der Waals surface area contributed by atoms with Crippen LogP contribution < -0.4 is 0 Å². The Bertz CT molecular complexity index is 1170. The Morgan fingerprint density at radius 2 is 0.537 bits per heavy atom. The summed E-state index contributed by atoms with van der Waals surface area (Å²) < 4.78 is 16.7. The summed E-state index contributed by atoms with van der Waals surface area (Å²) in [5.74, 6) is -0.883. The van der Waals surface area contributed by atoms with E-state index in [2.05, 4.69) is 69.4 Å². The van der Waals surface area contributed by atoms with E-state index in [9.17, 15) is 14.4 Å². The molecule has 0 heterocycles. The number of hydrogen-bond acceptors (Lipinski definition) is 6. The smallest absolute Gasteiger partial charge is 0.306 e. The summed E-state index contributed by atoms with van der Waals surface area (Å²) in [6, 6.07) is 0. The van der Waals surface area contributed by atoms with E-state index < -0.39 is 6.10 Å². The SMILES string of the molecule is CCCCC/C=C\CCCCCCCC(=O)OC(COC(=O)CCCCCCCC)COC(=O)CCCCCCCCCCCCCCCCCC/C=C\C/C=C\C/C=C\CCCCCCC. The van der Waals surface area contributed by atoms with Crippen LogP contribution in [-0.2, 0) is 28.6 Å². The van der Waals surface area contributed by atoms with Crippen molar-refractivity contribution in [1.82, 2.24) is 0 Å². The second-order valence-corrected chi connectivity index (χ2v) is 19.6. The summed E-state index contributed by atoms with van der Waals surface area (Å²) >= 11 is 0. The van der Waals surface area contributed by atoms with Crippen LogP contribution in [0.3, 0.4) is 0 Å². The Kier molecular flexibility index (Phi) is 53.8. The molecule has 0 aromatic carbocycles. The highest BCUT2D eigenvalue weighted by atomic mass is 16.6. The number of rotatable bonds is 53. The number of esters is 3. The average Bonchev–Trinajstić information content (AvgIpc) is 3.33. The van der Waals surface area contributed by atoms with Gasteiger partial charge in [-0.1, -0.05) is 249 Å². The molecule has 0 aliphatic rings. The normalized spacial score (nSPS) is 12.3. The van der Waals surface area contributed by atoms with Crippen molar-refractivity contribution in [3.63, 3.8) is 0 Å². The van der Waals surface area contributed by atoms with Gasteiger partial charge in [-0.05, 0) is 83.5 Å². The van der Waals surface area contributed by atoms with E-state index in [0.717, 1.165) is 77.0 Å². The van der Waals surface area contributed by atoms with Crippen LogP contribution in [0.2, 0.25) is 0 Å². The number of unbranched alkanes of at least 4 members (excludes halogenated alkanes) is 34. The summed E-state index contributed by atoms with van der Waals surface area (Å²) in [4.78, 5) is 37.8. The van der Waals surface area contributed by atoms with Gasteiger partial charge < -0.3 is 14.2 Å². The molecule has 0 rings (SSSR count). The zero-order chi connectivity index (χ0) is 48.6. The quantitative estimate of drug-likeness (QED) is 0.0262. The summed E-state index contributed by atoms with van der Waals surface area (Å²) in [5.41, 5.74) is 0. The molecular formula is C61H110O6. The van der Waals surface area contributed by atoms with Crippen LogP contribution in [0.25, 0.3) is 0 Å². The molecule has 0 amide bonds. The van der Waals surface area contributed by atoms with Crippen LogP contribution in [0.15, 0.2) is 48.6 Å². The van der Waals surface area contributed by atoms with Gasteiger partial charge in [-0.2, -0.15) is 0 Å². The molecule has 0 radical (unpaired) electrons. The third kappa shape index (κ3) is 54.2. The molecule has 0 N–H and O–H groups in total. The first-order valence-electron chi connectivity index (χ1n) is 29.1. The predicted octanol–water partition coefficient (Wildman–Crippen LogP) is 19.4. The Morgan fingerprint density at radius 1 is 0.299 bits per heavy atom. The lowest BCUT2D eigenvalue weighted by atomic mass is 10.0. The standard InChI is InChI=1S/C61H110O6/c1-4-7-10-13-16-18-20-22-23-24-25-26-27-28-29-30-31-32-33-34-35-36-37-38-39-40-42-43-45-48-51-54-60(63)66-57-58(56-65-59(62)53-50-47-15-12-9-6-3)67-61(64)55-52-49-46-44-41-21-19-17-14-11-8-5-2/h17,19-20,22,24-25,27-28,58H,4-16,18,21,23,26,29-57H2,1-3H3/b19-17-,22-20-,25-24-,28-27-. The first-order valence-corrected chi connectivity index (χ1v) is 29.1.